The summed E-state index contributed by atoms with van der Waals surface area (Å²) in [5, 5.41) is 4.51. The molecule has 0 saturated carbocycles. The van der Waals surface area contributed by atoms with Crippen LogP contribution in [0, 0.1) is 6.92 Å². The first kappa shape index (κ1) is 19.2. The molecule has 4 rings (SSSR count). The first-order valence-corrected chi connectivity index (χ1v) is 10.1. The number of aryl methyl sites for hydroxylation is 2. The van der Waals surface area contributed by atoms with Gasteiger partial charge in [-0.25, -0.2) is 0 Å². The molecule has 0 spiro atoms. The van der Waals surface area contributed by atoms with Crippen molar-refractivity contribution >= 4 is 16.7 Å². The number of hydrogen-bond donors (Lipinski definition) is 1. The Hall–Kier alpha value is -3.17. The van der Waals surface area contributed by atoms with Gasteiger partial charge < -0.3 is 9.88 Å². The lowest BCUT2D eigenvalue weighted by molar-refractivity contribution is 0.0944. The molecule has 1 heterocycles. The molecule has 1 aromatic heterocycles. The van der Waals surface area contributed by atoms with E-state index in [0.29, 0.717) is 0 Å². The van der Waals surface area contributed by atoms with E-state index in [1.165, 1.54) is 11.1 Å². The number of benzene rings is 3. The van der Waals surface area contributed by atoms with Gasteiger partial charge in [0.2, 0.25) is 0 Å². The number of nitrogens with one attached hydrogen (secondary N) is 1. The number of aromatic nitrogens is 1. The molecule has 0 radical (unpaired) electrons. The lowest BCUT2D eigenvalue weighted by Crippen LogP contribution is -2.30. The predicted molar refractivity (Wildman–Crippen MR) is 119 cm³/mol. The molecule has 3 nitrogen and oxygen atoms in total. The Morgan fingerprint density at radius 1 is 0.931 bits per heavy atom. The topological polar surface area (TPSA) is 34.0 Å². The standard InChI is InChI=1S/C26H26N2O/c1-19-12-14-20(15-13-19)16-17-27-25(21-8-4-3-5-9-21)26(29)23-18-28(2)24-11-7-6-10-22(23)24/h3-15,18,25,27H,16-17H2,1-2H3/t25-/m0/s1. The van der Waals surface area contributed by atoms with Crippen LogP contribution in [-0.4, -0.2) is 16.9 Å². The Morgan fingerprint density at radius 3 is 2.38 bits per heavy atom. The highest BCUT2D eigenvalue weighted by Crippen LogP contribution is 2.26. The van der Waals surface area contributed by atoms with E-state index in [1.807, 2.05) is 66.3 Å². The van der Waals surface area contributed by atoms with Crippen LogP contribution in [0.25, 0.3) is 10.9 Å². The number of carbonyl (C=O) groups excluding carboxylic acids is 1. The van der Waals surface area contributed by atoms with Crippen molar-refractivity contribution in [2.75, 3.05) is 6.54 Å². The molecule has 1 atom stereocenters. The van der Waals surface area contributed by atoms with Gasteiger partial charge in [0.05, 0.1) is 6.04 Å². The van der Waals surface area contributed by atoms with E-state index in [4.69, 9.17) is 0 Å². The van der Waals surface area contributed by atoms with E-state index < -0.39 is 0 Å². The first-order valence-electron chi connectivity index (χ1n) is 10.1. The molecular formula is C26H26N2O. The average molecular weight is 383 g/mol. The van der Waals surface area contributed by atoms with E-state index >= 15 is 0 Å². The van der Waals surface area contributed by atoms with Gasteiger partial charge in [-0.2, -0.15) is 0 Å². The van der Waals surface area contributed by atoms with Gasteiger partial charge in [-0.3, -0.25) is 4.79 Å². The van der Waals surface area contributed by atoms with E-state index in [9.17, 15) is 4.79 Å². The van der Waals surface area contributed by atoms with Crippen LogP contribution in [0.15, 0.2) is 85.1 Å². The van der Waals surface area contributed by atoms with Gasteiger partial charge in [0.1, 0.15) is 0 Å². The molecule has 0 aliphatic rings. The average Bonchev–Trinajstić information content (AvgIpc) is 3.10. The number of hydrogen-bond acceptors (Lipinski definition) is 2. The highest BCUT2D eigenvalue weighted by Gasteiger charge is 2.24. The van der Waals surface area contributed by atoms with Crippen LogP contribution >= 0.6 is 0 Å². The second-order valence-electron chi connectivity index (χ2n) is 7.57. The minimum Gasteiger partial charge on any atom is -0.350 e. The molecular weight excluding hydrogens is 356 g/mol. The summed E-state index contributed by atoms with van der Waals surface area (Å²) in [5.74, 6) is 0.108. The van der Waals surface area contributed by atoms with Crippen LogP contribution in [-0.2, 0) is 13.5 Å². The van der Waals surface area contributed by atoms with Crippen molar-refractivity contribution in [2.45, 2.75) is 19.4 Å². The van der Waals surface area contributed by atoms with Gasteiger partial charge in [-0.15, -0.1) is 0 Å². The van der Waals surface area contributed by atoms with Gasteiger partial charge in [0.15, 0.2) is 5.78 Å². The maximum Gasteiger partial charge on any atom is 0.186 e. The van der Waals surface area contributed by atoms with Gasteiger partial charge >= 0.3 is 0 Å². The van der Waals surface area contributed by atoms with Crippen molar-refractivity contribution in [3.05, 3.63) is 107 Å². The molecule has 0 fully saturated rings. The van der Waals surface area contributed by atoms with Crippen LogP contribution in [0.4, 0.5) is 0 Å². The number of nitrogens with zero attached hydrogens (tertiary/aromatic N) is 1. The Labute approximate surface area is 172 Å². The summed E-state index contributed by atoms with van der Waals surface area (Å²) in [4.78, 5) is 13.6. The molecule has 1 N–H and O–H groups in total. The number of rotatable bonds is 7. The molecule has 3 heteroatoms. The molecule has 29 heavy (non-hydrogen) atoms. The molecule has 0 aliphatic carbocycles. The number of carbonyl (C=O) groups is 1. The predicted octanol–water partition coefficient (Wildman–Crippen LogP) is 5.24. The van der Waals surface area contributed by atoms with Crippen molar-refractivity contribution in [3.63, 3.8) is 0 Å². The first-order chi connectivity index (χ1) is 14.1. The number of fused-ring (bicyclic) bond motifs is 1. The Balaban J connectivity index is 1.60. The quantitative estimate of drug-likeness (QED) is 0.443. The third kappa shape index (κ3) is 4.15. The van der Waals surface area contributed by atoms with Gasteiger partial charge in [0, 0.05) is 36.3 Å². The molecule has 0 aliphatic heterocycles. The van der Waals surface area contributed by atoms with Crippen LogP contribution in [0.1, 0.15) is 33.1 Å². The monoisotopic (exact) mass is 382 g/mol. The van der Waals surface area contributed by atoms with Crippen molar-refractivity contribution in [3.8, 4) is 0 Å². The van der Waals surface area contributed by atoms with E-state index in [1.54, 1.807) is 0 Å². The summed E-state index contributed by atoms with van der Waals surface area (Å²) in [5.41, 5.74) is 5.36. The third-order valence-corrected chi connectivity index (χ3v) is 5.44. The minimum absolute atomic E-state index is 0.108. The second kappa shape index (κ2) is 8.46. The summed E-state index contributed by atoms with van der Waals surface area (Å²) in [7, 11) is 1.99. The lowest BCUT2D eigenvalue weighted by Gasteiger charge is -2.18. The summed E-state index contributed by atoms with van der Waals surface area (Å²) < 4.78 is 2.02. The summed E-state index contributed by atoms with van der Waals surface area (Å²) in [6.45, 7) is 2.83. The molecule has 0 bridgehead atoms. The van der Waals surface area contributed by atoms with Crippen LogP contribution in [0.5, 0.6) is 0 Å². The Kier molecular flexibility index (Phi) is 5.59. The van der Waals surface area contributed by atoms with Crippen molar-refractivity contribution in [1.29, 1.82) is 0 Å². The number of ketones is 1. The van der Waals surface area contributed by atoms with Crippen molar-refractivity contribution in [2.24, 2.45) is 7.05 Å². The van der Waals surface area contributed by atoms with Crippen LogP contribution in [0.3, 0.4) is 0 Å². The summed E-state index contributed by atoms with van der Waals surface area (Å²) in [6, 6.07) is 26.3. The van der Waals surface area contributed by atoms with Gasteiger partial charge in [-0.1, -0.05) is 78.4 Å². The molecule has 146 valence electrons. The fraction of sp³-hybridized carbons (Fsp3) is 0.192. The van der Waals surface area contributed by atoms with E-state index in [0.717, 1.165) is 35.0 Å². The highest BCUT2D eigenvalue weighted by atomic mass is 16.1. The molecule has 3 aromatic carbocycles. The van der Waals surface area contributed by atoms with Gasteiger partial charge in [0.25, 0.3) is 0 Å². The lowest BCUT2D eigenvalue weighted by atomic mass is 9.96. The zero-order valence-corrected chi connectivity index (χ0v) is 16.9. The third-order valence-electron chi connectivity index (χ3n) is 5.44. The largest absolute Gasteiger partial charge is 0.350 e. The maximum absolute atomic E-state index is 13.6. The highest BCUT2D eigenvalue weighted by molar-refractivity contribution is 6.10. The normalized spacial score (nSPS) is 12.2. The van der Waals surface area contributed by atoms with Gasteiger partial charge in [-0.05, 0) is 30.5 Å². The maximum atomic E-state index is 13.6. The SMILES string of the molecule is Cc1ccc(CCN[C@H](C(=O)c2cn(C)c3ccccc23)c2ccccc2)cc1. The minimum atomic E-state index is -0.368. The molecule has 0 unspecified atom stereocenters. The summed E-state index contributed by atoms with van der Waals surface area (Å²) >= 11 is 0. The van der Waals surface area contributed by atoms with E-state index in [-0.39, 0.29) is 11.8 Å². The van der Waals surface area contributed by atoms with E-state index in [2.05, 4.69) is 42.6 Å². The Bertz CT molecular complexity index is 1110. The smallest absolute Gasteiger partial charge is 0.186 e. The molecule has 4 aromatic rings. The fourth-order valence-electron chi connectivity index (χ4n) is 3.82. The number of para-hydroxylation sites is 1. The zero-order valence-electron chi connectivity index (χ0n) is 16.9. The zero-order chi connectivity index (χ0) is 20.2. The fourth-order valence-corrected chi connectivity index (χ4v) is 3.82. The number of Topliss-reactive ketones (excluding diaryl/α,β-unsaturated/α-hetero) is 1. The molecule has 0 saturated heterocycles. The van der Waals surface area contributed by atoms with Crippen molar-refractivity contribution < 1.29 is 4.79 Å². The van der Waals surface area contributed by atoms with Crippen molar-refractivity contribution in [1.82, 2.24) is 9.88 Å². The Morgan fingerprint density at radius 2 is 1.62 bits per heavy atom. The van der Waals surface area contributed by atoms with Crippen LogP contribution in [0.2, 0.25) is 0 Å². The second-order valence-corrected chi connectivity index (χ2v) is 7.57. The molecule has 0 amide bonds. The van der Waals surface area contributed by atoms with Crippen LogP contribution < -0.4 is 5.32 Å². The summed E-state index contributed by atoms with van der Waals surface area (Å²) in [6.07, 6.45) is 2.83.